The van der Waals surface area contributed by atoms with Gasteiger partial charge in [0.1, 0.15) is 11.9 Å². The number of hydrogen-bond donors (Lipinski definition) is 0. The molecule has 4 rings (SSSR count). The van der Waals surface area contributed by atoms with E-state index in [0.717, 1.165) is 11.1 Å². The molecule has 0 saturated carbocycles. The van der Waals surface area contributed by atoms with E-state index < -0.39 is 0 Å². The minimum Gasteiger partial charge on any atom is -0.219 e. The molecule has 0 spiro atoms. The van der Waals surface area contributed by atoms with Crippen molar-refractivity contribution in [1.29, 1.82) is 5.26 Å². The molecule has 0 saturated heterocycles. The van der Waals surface area contributed by atoms with Crippen LogP contribution in [0.1, 0.15) is 5.56 Å². The van der Waals surface area contributed by atoms with Crippen molar-refractivity contribution >= 4 is 5.65 Å². The Morgan fingerprint density at radius 1 is 0.917 bits per heavy atom. The molecule has 0 aliphatic rings. The molecule has 2 aromatic heterocycles. The van der Waals surface area contributed by atoms with Crippen LogP contribution in [0.5, 0.6) is 0 Å². The summed E-state index contributed by atoms with van der Waals surface area (Å²) in [5, 5.41) is 13.9. The maximum atomic E-state index is 13.1. The fourth-order valence-corrected chi connectivity index (χ4v) is 2.58. The third-order valence-electron chi connectivity index (χ3n) is 3.76. The molecule has 4 nitrogen and oxygen atoms in total. The normalized spacial score (nSPS) is 10.7. The quantitative estimate of drug-likeness (QED) is 0.560. The van der Waals surface area contributed by atoms with Gasteiger partial charge >= 0.3 is 0 Å². The summed E-state index contributed by atoms with van der Waals surface area (Å²) >= 11 is 0. The zero-order valence-electron chi connectivity index (χ0n) is 12.5. The molecule has 0 amide bonds. The van der Waals surface area contributed by atoms with Crippen molar-refractivity contribution in [2.24, 2.45) is 0 Å². The van der Waals surface area contributed by atoms with Crippen LogP contribution in [0.4, 0.5) is 4.39 Å². The van der Waals surface area contributed by atoms with Crippen LogP contribution in [-0.4, -0.2) is 14.6 Å². The van der Waals surface area contributed by atoms with Gasteiger partial charge in [0.05, 0.1) is 5.56 Å². The van der Waals surface area contributed by atoms with E-state index in [2.05, 4.69) is 16.2 Å². The maximum absolute atomic E-state index is 13.1. The second kappa shape index (κ2) is 5.60. The molecular weight excluding hydrogens is 303 g/mol. The zero-order valence-corrected chi connectivity index (χ0v) is 12.5. The van der Waals surface area contributed by atoms with Crippen LogP contribution in [-0.2, 0) is 0 Å². The van der Waals surface area contributed by atoms with Gasteiger partial charge in [-0.2, -0.15) is 5.26 Å². The number of nitriles is 1. The van der Waals surface area contributed by atoms with E-state index in [1.54, 1.807) is 22.7 Å². The summed E-state index contributed by atoms with van der Waals surface area (Å²) in [5.74, 6) is 0.142. The summed E-state index contributed by atoms with van der Waals surface area (Å²) in [5.41, 5.74) is 3.50. The largest absolute Gasteiger partial charge is 0.219 e. The van der Waals surface area contributed by atoms with E-state index in [-0.39, 0.29) is 5.82 Å². The summed E-state index contributed by atoms with van der Waals surface area (Å²) in [6, 6.07) is 19.7. The van der Waals surface area contributed by atoms with Crippen LogP contribution < -0.4 is 0 Å². The van der Waals surface area contributed by atoms with Crippen LogP contribution in [0.3, 0.4) is 0 Å². The fraction of sp³-hybridized carbons (Fsp3) is 0. The van der Waals surface area contributed by atoms with Gasteiger partial charge < -0.3 is 0 Å². The predicted molar refractivity (Wildman–Crippen MR) is 88.5 cm³/mol. The van der Waals surface area contributed by atoms with Gasteiger partial charge in [0.15, 0.2) is 11.5 Å². The van der Waals surface area contributed by atoms with Crippen LogP contribution in [0.25, 0.3) is 28.2 Å². The number of benzene rings is 2. The zero-order chi connectivity index (χ0) is 16.5. The Balaban J connectivity index is 1.90. The minimum absolute atomic E-state index is 0.313. The van der Waals surface area contributed by atoms with Crippen LogP contribution in [0.15, 0.2) is 66.9 Å². The standard InChI is InChI=1S/C19H11FN4/c20-17-8-6-14(7-9-17)18-22-19-15(11-21)10-16(12-24(19)23-18)13-4-2-1-3-5-13/h1-10,12H. The smallest absolute Gasteiger partial charge is 0.182 e. The number of nitrogens with zero attached hydrogens (tertiary/aromatic N) is 4. The maximum Gasteiger partial charge on any atom is 0.182 e. The molecule has 0 N–H and O–H groups in total. The molecule has 0 aliphatic carbocycles. The highest BCUT2D eigenvalue weighted by Gasteiger charge is 2.12. The van der Waals surface area contributed by atoms with E-state index in [0.29, 0.717) is 22.6 Å². The van der Waals surface area contributed by atoms with Gasteiger partial charge in [0.25, 0.3) is 0 Å². The highest BCUT2D eigenvalue weighted by Crippen LogP contribution is 2.24. The first-order chi connectivity index (χ1) is 11.7. The lowest BCUT2D eigenvalue weighted by Gasteiger charge is -2.03. The summed E-state index contributed by atoms with van der Waals surface area (Å²) in [6.07, 6.45) is 1.84. The minimum atomic E-state index is -0.313. The molecule has 114 valence electrons. The van der Waals surface area contributed by atoms with Crippen molar-refractivity contribution in [2.75, 3.05) is 0 Å². The lowest BCUT2D eigenvalue weighted by atomic mass is 10.1. The Morgan fingerprint density at radius 3 is 2.38 bits per heavy atom. The van der Waals surface area contributed by atoms with Gasteiger partial charge in [-0.05, 0) is 35.9 Å². The molecule has 0 fully saturated rings. The van der Waals surface area contributed by atoms with Crippen molar-refractivity contribution in [3.63, 3.8) is 0 Å². The molecule has 2 aromatic carbocycles. The van der Waals surface area contributed by atoms with Gasteiger partial charge in [-0.15, -0.1) is 5.10 Å². The molecule has 0 radical (unpaired) electrons. The van der Waals surface area contributed by atoms with E-state index >= 15 is 0 Å². The van der Waals surface area contributed by atoms with Gasteiger partial charge in [-0.1, -0.05) is 30.3 Å². The highest BCUT2D eigenvalue weighted by molar-refractivity contribution is 5.70. The first-order valence-corrected chi connectivity index (χ1v) is 7.36. The lowest BCUT2D eigenvalue weighted by molar-refractivity contribution is 0.628. The lowest BCUT2D eigenvalue weighted by Crippen LogP contribution is -1.92. The van der Waals surface area contributed by atoms with Crippen molar-refractivity contribution in [3.05, 3.63) is 78.2 Å². The monoisotopic (exact) mass is 314 g/mol. The molecule has 4 aromatic rings. The SMILES string of the molecule is N#Cc1cc(-c2ccccc2)cn2nc(-c3ccc(F)cc3)nc12. The second-order valence-electron chi connectivity index (χ2n) is 5.33. The summed E-state index contributed by atoms with van der Waals surface area (Å²) < 4.78 is 14.7. The van der Waals surface area contributed by atoms with E-state index in [4.69, 9.17) is 0 Å². The Hall–Kier alpha value is -3.52. The first-order valence-electron chi connectivity index (χ1n) is 7.36. The summed E-state index contributed by atoms with van der Waals surface area (Å²) in [4.78, 5) is 4.43. The molecule has 0 unspecified atom stereocenters. The topological polar surface area (TPSA) is 54.0 Å². The van der Waals surface area contributed by atoms with E-state index in [1.165, 1.54) is 12.1 Å². The van der Waals surface area contributed by atoms with Crippen molar-refractivity contribution in [2.45, 2.75) is 0 Å². The number of fused-ring (bicyclic) bond motifs is 1. The Bertz CT molecular complexity index is 1060. The van der Waals surface area contributed by atoms with E-state index in [9.17, 15) is 9.65 Å². The van der Waals surface area contributed by atoms with Gasteiger partial charge in [0, 0.05) is 17.3 Å². The van der Waals surface area contributed by atoms with Crippen molar-refractivity contribution in [1.82, 2.24) is 14.6 Å². The molecule has 2 heterocycles. The van der Waals surface area contributed by atoms with Gasteiger partial charge in [-0.3, -0.25) is 0 Å². The number of hydrogen-bond acceptors (Lipinski definition) is 3. The Morgan fingerprint density at radius 2 is 1.67 bits per heavy atom. The summed E-state index contributed by atoms with van der Waals surface area (Å²) in [6.45, 7) is 0. The van der Waals surface area contributed by atoms with Crippen LogP contribution in [0.2, 0.25) is 0 Å². The predicted octanol–water partition coefficient (Wildman–Crippen LogP) is 4.07. The van der Waals surface area contributed by atoms with Crippen LogP contribution in [0, 0.1) is 17.1 Å². The number of aromatic nitrogens is 3. The average molecular weight is 314 g/mol. The molecule has 0 atom stereocenters. The number of pyridine rings is 1. The van der Waals surface area contributed by atoms with Gasteiger partial charge in [-0.25, -0.2) is 13.9 Å². The molecular formula is C19H11FN4. The van der Waals surface area contributed by atoms with Crippen molar-refractivity contribution < 1.29 is 4.39 Å². The number of rotatable bonds is 2. The third-order valence-corrected chi connectivity index (χ3v) is 3.76. The fourth-order valence-electron chi connectivity index (χ4n) is 2.58. The molecule has 24 heavy (non-hydrogen) atoms. The average Bonchev–Trinajstić information content (AvgIpc) is 3.06. The third kappa shape index (κ3) is 2.40. The van der Waals surface area contributed by atoms with Crippen molar-refractivity contribution in [3.8, 4) is 28.6 Å². The molecule has 0 bridgehead atoms. The van der Waals surface area contributed by atoms with Gasteiger partial charge in [0.2, 0.25) is 0 Å². The second-order valence-corrected chi connectivity index (χ2v) is 5.33. The summed E-state index contributed by atoms with van der Waals surface area (Å²) in [7, 11) is 0. The van der Waals surface area contributed by atoms with E-state index in [1.807, 2.05) is 36.5 Å². The molecule has 5 heteroatoms. The molecule has 0 aliphatic heterocycles. The number of halogens is 1. The first kappa shape index (κ1) is 14.1. The Labute approximate surface area is 137 Å². The Kier molecular flexibility index (Phi) is 3.29. The highest BCUT2D eigenvalue weighted by atomic mass is 19.1. The van der Waals surface area contributed by atoms with Crippen LogP contribution >= 0.6 is 0 Å².